The third kappa shape index (κ3) is 4.37. The van der Waals surface area contributed by atoms with Gasteiger partial charge >= 0.3 is 0 Å². The smallest absolute Gasteiger partial charge is 0.0710 e. The lowest BCUT2D eigenvalue weighted by atomic mass is 10.2. The maximum Gasteiger partial charge on any atom is 0.0710 e. The predicted molar refractivity (Wildman–Crippen MR) is 46.1 cm³/mol. The molecule has 0 saturated heterocycles. The second-order valence-corrected chi connectivity index (χ2v) is 3.09. The summed E-state index contributed by atoms with van der Waals surface area (Å²) in [4.78, 5) is 0. The van der Waals surface area contributed by atoms with Crippen LogP contribution in [-0.4, -0.2) is 24.0 Å². The largest absolute Gasteiger partial charge is 0.377 e. The van der Waals surface area contributed by atoms with E-state index in [0.717, 1.165) is 6.42 Å². The Morgan fingerprint density at radius 3 is 2.50 bits per heavy atom. The molecule has 0 N–H and O–H groups in total. The molecule has 0 aliphatic rings. The summed E-state index contributed by atoms with van der Waals surface area (Å²) >= 11 is 11.4. The van der Waals surface area contributed by atoms with E-state index in [-0.39, 0.29) is 11.5 Å². The van der Waals surface area contributed by atoms with Gasteiger partial charge in [0.2, 0.25) is 0 Å². The highest BCUT2D eigenvalue weighted by atomic mass is 35.5. The molecule has 0 heterocycles. The highest BCUT2D eigenvalue weighted by Crippen LogP contribution is 2.11. The van der Waals surface area contributed by atoms with Crippen molar-refractivity contribution in [3.05, 3.63) is 0 Å². The van der Waals surface area contributed by atoms with Crippen molar-refractivity contribution in [3.8, 4) is 0 Å². The second kappa shape index (κ2) is 6.26. The van der Waals surface area contributed by atoms with E-state index in [0.29, 0.717) is 12.5 Å². The molecule has 0 aromatic rings. The van der Waals surface area contributed by atoms with E-state index in [1.165, 1.54) is 0 Å². The molecule has 0 fully saturated rings. The molecular formula is C7H14Cl2O. The van der Waals surface area contributed by atoms with E-state index in [2.05, 4.69) is 0 Å². The van der Waals surface area contributed by atoms with Crippen LogP contribution >= 0.6 is 23.2 Å². The minimum atomic E-state index is 0.0532. The molecule has 3 heteroatoms. The Morgan fingerprint density at radius 1 is 1.50 bits per heavy atom. The van der Waals surface area contributed by atoms with Crippen LogP contribution in [0.5, 0.6) is 0 Å². The van der Waals surface area contributed by atoms with Crippen LogP contribution in [0.15, 0.2) is 0 Å². The van der Waals surface area contributed by atoms with E-state index >= 15 is 0 Å². The first-order chi connectivity index (χ1) is 4.72. The van der Waals surface area contributed by atoms with E-state index < -0.39 is 0 Å². The molecule has 1 nitrogen and oxygen atoms in total. The third-order valence-corrected chi connectivity index (χ3v) is 2.12. The number of hydrogen-bond donors (Lipinski definition) is 0. The average Bonchev–Trinajstić information content (AvgIpc) is 1.89. The first kappa shape index (κ1) is 10.5. The minimum absolute atomic E-state index is 0.0532. The fourth-order valence-electron chi connectivity index (χ4n) is 0.706. The van der Waals surface area contributed by atoms with Crippen LogP contribution in [0.1, 0.15) is 20.3 Å². The molecule has 10 heavy (non-hydrogen) atoms. The molecule has 0 aromatic carbocycles. The van der Waals surface area contributed by atoms with Crippen molar-refractivity contribution >= 4 is 23.2 Å². The fourth-order valence-corrected chi connectivity index (χ4v) is 1.23. The van der Waals surface area contributed by atoms with Crippen molar-refractivity contribution in [2.24, 2.45) is 0 Å². The summed E-state index contributed by atoms with van der Waals surface area (Å²) in [5.41, 5.74) is 0. The summed E-state index contributed by atoms with van der Waals surface area (Å²) in [6, 6.07) is 0. The van der Waals surface area contributed by atoms with Gasteiger partial charge in [0.05, 0.1) is 11.5 Å². The zero-order chi connectivity index (χ0) is 7.98. The molecule has 0 amide bonds. The number of halogens is 2. The predicted octanol–water partition coefficient (Wildman–Crippen LogP) is 2.65. The molecule has 0 aliphatic carbocycles. The van der Waals surface area contributed by atoms with Crippen molar-refractivity contribution in [1.29, 1.82) is 0 Å². The van der Waals surface area contributed by atoms with Crippen LogP contribution in [-0.2, 0) is 4.74 Å². The summed E-state index contributed by atoms with van der Waals surface area (Å²) in [7, 11) is 0. The first-order valence-corrected chi connectivity index (χ1v) is 4.51. The molecule has 62 valence electrons. The van der Waals surface area contributed by atoms with Crippen LogP contribution < -0.4 is 0 Å². The van der Waals surface area contributed by atoms with E-state index in [1.807, 2.05) is 13.8 Å². The molecule has 0 saturated carbocycles. The van der Waals surface area contributed by atoms with Crippen LogP contribution in [0, 0.1) is 0 Å². The summed E-state index contributed by atoms with van der Waals surface area (Å²) in [5, 5.41) is 0.0532. The lowest BCUT2D eigenvalue weighted by Gasteiger charge is -2.16. The van der Waals surface area contributed by atoms with Gasteiger partial charge in [-0.25, -0.2) is 0 Å². The molecule has 2 atom stereocenters. The Morgan fingerprint density at radius 2 is 2.10 bits per heavy atom. The van der Waals surface area contributed by atoms with Gasteiger partial charge in [-0.3, -0.25) is 0 Å². The van der Waals surface area contributed by atoms with E-state index in [9.17, 15) is 0 Å². The first-order valence-electron chi connectivity index (χ1n) is 3.54. The van der Waals surface area contributed by atoms with Crippen LogP contribution in [0.4, 0.5) is 0 Å². The molecule has 0 aliphatic heterocycles. The SMILES string of the molecule is CCOC(C)C(Cl)CCCl. The van der Waals surface area contributed by atoms with Crippen LogP contribution in [0.2, 0.25) is 0 Å². The summed E-state index contributed by atoms with van der Waals surface area (Å²) in [6.07, 6.45) is 0.926. The standard InChI is InChI=1S/C7H14Cl2O/c1-3-10-6(2)7(9)4-5-8/h6-7H,3-5H2,1-2H3. The Hall–Kier alpha value is 0.540. The lowest BCUT2D eigenvalue weighted by Crippen LogP contribution is -2.21. The van der Waals surface area contributed by atoms with Crippen molar-refractivity contribution in [2.75, 3.05) is 12.5 Å². The maximum absolute atomic E-state index is 5.90. The zero-order valence-electron chi connectivity index (χ0n) is 6.44. The number of hydrogen-bond acceptors (Lipinski definition) is 1. The van der Waals surface area contributed by atoms with Crippen molar-refractivity contribution in [3.63, 3.8) is 0 Å². The molecule has 0 spiro atoms. The highest BCUT2D eigenvalue weighted by molar-refractivity contribution is 6.22. The zero-order valence-corrected chi connectivity index (χ0v) is 7.95. The summed E-state index contributed by atoms with van der Waals surface area (Å²) in [6.45, 7) is 4.64. The van der Waals surface area contributed by atoms with Gasteiger partial charge in [-0.05, 0) is 20.3 Å². The molecular weight excluding hydrogens is 171 g/mol. The quantitative estimate of drug-likeness (QED) is 0.598. The van der Waals surface area contributed by atoms with Gasteiger partial charge < -0.3 is 4.74 Å². The Kier molecular flexibility index (Phi) is 6.60. The Bertz CT molecular complexity index is 68.0. The van der Waals surface area contributed by atoms with E-state index in [4.69, 9.17) is 27.9 Å². The average molecular weight is 185 g/mol. The highest BCUT2D eigenvalue weighted by Gasteiger charge is 2.12. The summed E-state index contributed by atoms with van der Waals surface area (Å²) < 4.78 is 5.27. The van der Waals surface area contributed by atoms with Gasteiger partial charge in [0.15, 0.2) is 0 Å². The topological polar surface area (TPSA) is 9.23 Å². The molecule has 0 radical (unpaired) electrons. The van der Waals surface area contributed by atoms with Gasteiger partial charge in [0.25, 0.3) is 0 Å². The van der Waals surface area contributed by atoms with Gasteiger partial charge in [0, 0.05) is 12.5 Å². The molecule has 0 aromatic heterocycles. The lowest BCUT2D eigenvalue weighted by molar-refractivity contribution is 0.0727. The van der Waals surface area contributed by atoms with E-state index in [1.54, 1.807) is 0 Å². The normalized spacial score (nSPS) is 16.8. The van der Waals surface area contributed by atoms with Gasteiger partial charge in [0.1, 0.15) is 0 Å². The van der Waals surface area contributed by atoms with Crippen LogP contribution in [0.25, 0.3) is 0 Å². The summed E-state index contributed by atoms with van der Waals surface area (Å²) in [5.74, 6) is 0.603. The molecule has 0 rings (SSSR count). The molecule has 0 bridgehead atoms. The number of alkyl halides is 2. The number of ether oxygens (including phenoxy) is 1. The number of rotatable bonds is 5. The molecule has 2 unspecified atom stereocenters. The third-order valence-electron chi connectivity index (χ3n) is 1.32. The van der Waals surface area contributed by atoms with Crippen molar-refractivity contribution in [1.82, 2.24) is 0 Å². The van der Waals surface area contributed by atoms with Crippen LogP contribution in [0.3, 0.4) is 0 Å². The fraction of sp³-hybridized carbons (Fsp3) is 1.00. The Labute approximate surface area is 72.6 Å². The minimum Gasteiger partial charge on any atom is -0.377 e. The van der Waals surface area contributed by atoms with Gasteiger partial charge in [-0.15, -0.1) is 23.2 Å². The second-order valence-electron chi connectivity index (χ2n) is 2.15. The Balaban J connectivity index is 3.38. The maximum atomic E-state index is 5.90. The van der Waals surface area contributed by atoms with Crippen molar-refractivity contribution in [2.45, 2.75) is 31.7 Å². The van der Waals surface area contributed by atoms with Gasteiger partial charge in [-0.1, -0.05) is 0 Å². The van der Waals surface area contributed by atoms with Gasteiger partial charge in [-0.2, -0.15) is 0 Å². The van der Waals surface area contributed by atoms with Crippen molar-refractivity contribution < 1.29 is 4.74 Å². The monoisotopic (exact) mass is 184 g/mol.